The maximum absolute atomic E-state index is 13.4. The van der Waals surface area contributed by atoms with Gasteiger partial charge in [0.25, 0.3) is 0 Å². The smallest absolute Gasteiger partial charge is 0.153 e. The molecule has 0 amide bonds. The number of nitrogen functional groups attached to an aromatic ring is 1. The van der Waals surface area contributed by atoms with E-state index in [2.05, 4.69) is 10.3 Å². The molecule has 0 radical (unpaired) electrons. The lowest BCUT2D eigenvalue weighted by Gasteiger charge is -2.10. The van der Waals surface area contributed by atoms with Gasteiger partial charge in [-0.15, -0.1) is 0 Å². The Hall–Kier alpha value is -2.10. The van der Waals surface area contributed by atoms with E-state index in [-0.39, 0.29) is 5.82 Å². The summed E-state index contributed by atoms with van der Waals surface area (Å²) in [7, 11) is 0. The molecule has 0 aliphatic heterocycles. The second-order valence-corrected chi connectivity index (χ2v) is 3.98. The number of aromatic nitrogens is 1. The second-order valence-electron chi connectivity index (χ2n) is 3.98. The summed E-state index contributed by atoms with van der Waals surface area (Å²) in [5.74, 6) is 0.300. The van der Waals surface area contributed by atoms with Crippen LogP contribution in [0, 0.1) is 19.7 Å². The van der Waals surface area contributed by atoms with Crippen LogP contribution in [0.1, 0.15) is 11.1 Å². The van der Waals surface area contributed by atoms with Crippen LogP contribution in [0.25, 0.3) is 0 Å². The van der Waals surface area contributed by atoms with Gasteiger partial charge in [0.1, 0.15) is 5.82 Å². The van der Waals surface area contributed by atoms with E-state index < -0.39 is 0 Å². The molecule has 3 nitrogen and oxygen atoms in total. The van der Waals surface area contributed by atoms with Crippen molar-refractivity contribution in [2.75, 3.05) is 11.1 Å². The fourth-order valence-electron chi connectivity index (χ4n) is 1.48. The third-order valence-electron chi connectivity index (χ3n) is 2.64. The van der Waals surface area contributed by atoms with Crippen LogP contribution in [0.15, 0.2) is 30.5 Å². The third kappa shape index (κ3) is 2.36. The zero-order valence-electron chi connectivity index (χ0n) is 9.79. The van der Waals surface area contributed by atoms with Crippen molar-refractivity contribution >= 4 is 17.2 Å². The molecule has 0 spiro atoms. The van der Waals surface area contributed by atoms with E-state index in [0.29, 0.717) is 22.8 Å². The molecule has 4 heteroatoms. The summed E-state index contributed by atoms with van der Waals surface area (Å²) < 4.78 is 13.4. The fourth-order valence-corrected chi connectivity index (χ4v) is 1.48. The molecule has 17 heavy (non-hydrogen) atoms. The van der Waals surface area contributed by atoms with Crippen molar-refractivity contribution < 1.29 is 4.39 Å². The third-order valence-corrected chi connectivity index (χ3v) is 2.64. The minimum Gasteiger partial charge on any atom is -0.396 e. The molecule has 1 aromatic heterocycles. The van der Waals surface area contributed by atoms with Crippen LogP contribution in [0.3, 0.4) is 0 Å². The van der Waals surface area contributed by atoms with Crippen LogP contribution in [0.5, 0.6) is 0 Å². The summed E-state index contributed by atoms with van der Waals surface area (Å²) in [4.78, 5) is 4.13. The molecule has 0 bridgehead atoms. The Morgan fingerprint density at radius 2 is 1.94 bits per heavy atom. The van der Waals surface area contributed by atoms with Gasteiger partial charge in [-0.2, -0.15) is 0 Å². The van der Waals surface area contributed by atoms with Gasteiger partial charge in [-0.25, -0.2) is 9.37 Å². The first-order chi connectivity index (χ1) is 8.08. The number of pyridine rings is 1. The number of hydrogen-bond acceptors (Lipinski definition) is 3. The Morgan fingerprint density at radius 3 is 2.65 bits per heavy atom. The number of benzene rings is 1. The Bertz CT molecular complexity index is 552. The summed E-state index contributed by atoms with van der Waals surface area (Å²) >= 11 is 0. The van der Waals surface area contributed by atoms with E-state index in [0.717, 1.165) is 5.56 Å². The fraction of sp³-hybridized carbons (Fsp3) is 0.154. The Kier molecular flexibility index (Phi) is 2.95. The lowest BCUT2D eigenvalue weighted by molar-refractivity contribution is 0.619. The normalized spacial score (nSPS) is 10.3. The average Bonchev–Trinajstić information content (AvgIpc) is 2.30. The van der Waals surface area contributed by atoms with E-state index >= 15 is 0 Å². The van der Waals surface area contributed by atoms with E-state index in [4.69, 9.17) is 5.73 Å². The Balaban J connectivity index is 2.31. The quantitative estimate of drug-likeness (QED) is 0.834. The molecular weight excluding hydrogens is 217 g/mol. The zero-order chi connectivity index (χ0) is 12.4. The highest BCUT2D eigenvalue weighted by molar-refractivity contribution is 5.71. The molecule has 0 aliphatic rings. The minimum absolute atomic E-state index is 0.249. The van der Waals surface area contributed by atoms with Crippen molar-refractivity contribution in [2.24, 2.45) is 0 Å². The molecule has 3 N–H and O–H groups in total. The Labute approximate surface area is 99.5 Å². The van der Waals surface area contributed by atoms with Gasteiger partial charge in [-0.1, -0.05) is 6.07 Å². The first kappa shape index (κ1) is 11.4. The summed E-state index contributed by atoms with van der Waals surface area (Å²) in [6.45, 7) is 3.62. The topological polar surface area (TPSA) is 50.9 Å². The lowest BCUT2D eigenvalue weighted by atomic mass is 10.2. The van der Waals surface area contributed by atoms with Crippen LogP contribution in [0.2, 0.25) is 0 Å². The van der Waals surface area contributed by atoms with E-state index in [9.17, 15) is 4.39 Å². The highest BCUT2D eigenvalue weighted by Gasteiger charge is 2.05. The van der Waals surface area contributed by atoms with Gasteiger partial charge < -0.3 is 11.1 Å². The molecule has 88 valence electrons. The van der Waals surface area contributed by atoms with Crippen molar-refractivity contribution in [1.29, 1.82) is 0 Å². The minimum atomic E-state index is -0.249. The number of anilines is 3. The predicted octanol–water partition coefficient (Wildman–Crippen LogP) is 3.16. The molecule has 0 aliphatic carbocycles. The van der Waals surface area contributed by atoms with Gasteiger partial charge in [0.15, 0.2) is 5.82 Å². The van der Waals surface area contributed by atoms with Crippen LogP contribution >= 0.6 is 0 Å². The van der Waals surface area contributed by atoms with Crippen molar-refractivity contribution in [1.82, 2.24) is 4.98 Å². The van der Waals surface area contributed by atoms with Gasteiger partial charge in [0, 0.05) is 11.9 Å². The molecule has 0 fully saturated rings. The number of rotatable bonds is 2. The molecule has 0 unspecified atom stereocenters. The number of halogens is 1. The maximum atomic E-state index is 13.4. The van der Waals surface area contributed by atoms with E-state index in [1.54, 1.807) is 25.3 Å². The molecular formula is C13H14FN3. The Morgan fingerprint density at radius 1 is 1.18 bits per heavy atom. The largest absolute Gasteiger partial charge is 0.396 e. The molecule has 0 saturated carbocycles. The van der Waals surface area contributed by atoms with Crippen LogP contribution in [0.4, 0.5) is 21.6 Å². The molecule has 2 aromatic rings. The van der Waals surface area contributed by atoms with Gasteiger partial charge in [0.05, 0.1) is 5.69 Å². The highest BCUT2D eigenvalue weighted by Crippen LogP contribution is 2.24. The van der Waals surface area contributed by atoms with Crippen molar-refractivity contribution in [3.05, 3.63) is 47.4 Å². The maximum Gasteiger partial charge on any atom is 0.153 e. The van der Waals surface area contributed by atoms with Crippen molar-refractivity contribution in [3.63, 3.8) is 0 Å². The molecule has 1 aromatic carbocycles. The molecule has 0 saturated heterocycles. The van der Waals surface area contributed by atoms with Crippen LogP contribution in [-0.2, 0) is 0 Å². The number of nitrogens with zero attached hydrogens (tertiary/aromatic N) is 1. The van der Waals surface area contributed by atoms with Crippen LogP contribution < -0.4 is 11.1 Å². The second kappa shape index (κ2) is 4.41. The van der Waals surface area contributed by atoms with Crippen LogP contribution in [-0.4, -0.2) is 4.98 Å². The first-order valence-electron chi connectivity index (χ1n) is 5.32. The van der Waals surface area contributed by atoms with Gasteiger partial charge in [-0.05, 0) is 43.2 Å². The van der Waals surface area contributed by atoms with Gasteiger partial charge in [0.2, 0.25) is 0 Å². The number of nitrogens with one attached hydrogen (secondary N) is 1. The molecule has 1 heterocycles. The highest BCUT2D eigenvalue weighted by atomic mass is 19.1. The van der Waals surface area contributed by atoms with Gasteiger partial charge >= 0.3 is 0 Å². The first-order valence-corrected chi connectivity index (χ1v) is 5.32. The summed E-state index contributed by atoms with van der Waals surface area (Å²) in [6, 6.07) is 6.76. The number of hydrogen-bond donors (Lipinski definition) is 2. The zero-order valence-corrected chi connectivity index (χ0v) is 9.79. The summed E-state index contributed by atoms with van der Waals surface area (Å²) in [6.07, 6.45) is 1.67. The lowest BCUT2D eigenvalue weighted by Crippen LogP contribution is -2.01. The SMILES string of the molecule is Cc1ccc(Nc2nccc(C)c2N)cc1F. The molecule has 2 rings (SSSR count). The predicted molar refractivity (Wildman–Crippen MR) is 67.8 cm³/mol. The summed E-state index contributed by atoms with van der Waals surface area (Å²) in [5.41, 5.74) is 8.65. The van der Waals surface area contributed by atoms with Crippen molar-refractivity contribution in [2.45, 2.75) is 13.8 Å². The summed E-state index contributed by atoms with van der Waals surface area (Å²) in [5, 5.41) is 3.00. The monoisotopic (exact) mass is 231 g/mol. The van der Waals surface area contributed by atoms with Crippen molar-refractivity contribution in [3.8, 4) is 0 Å². The number of aryl methyl sites for hydroxylation is 2. The molecule has 0 atom stereocenters. The van der Waals surface area contributed by atoms with E-state index in [1.807, 2.05) is 13.0 Å². The van der Waals surface area contributed by atoms with E-state index in [1.165, 1.54) is 6.07 Å². The average molecular weight is 231 g/mol. The number of nitrogens with two attached hydrogens (primary N) is 1. The van der Waals surface area contributed by atoms with Gasteiger partial charge in [-0.3, -0.25) is 0 Å². The standard InChI is InChI=1S/C13H14FN3/c1-8-3-4-10(7-11(8)14)17-13-12(15)9(2)5-6-16-13/h3-7H,15H2,1-2H3,(H,16,17).